The maximum absolute atomic E-state index is 14.1. The minimum absolute atomic E-state index is 0.0534. The number of methoxy groups -OCH3 is 1. The SMILES string of the molecule is CCCCCC1(c2ccccc2Cl)CN(C(=O)[C@H](Cc2ccc(OC)cc2)C(Cc2cnc[nH]2)C(N)=O)C1. The number of nitrogens with two attached hydrogens (primary N) is 1. The smallest absolute Gasteiger partial charge is 0.226 e. The molecule has 0 bridgehead atoms. The van der Waals surface area contributed by atoms with Crippen molar-refractivity contribution in [3.8, 4) is 5.75 Å². The van der Waals surface area contributed by atoms with E-state index in [2.05, 4.69) is 23.0 Å². The normalized spacial score (nSPS) is 15.9. The molecule has 2 atom stereocenters. The van der Waals surface area contributed by atoms with Crippen LogP contribution in [0.1, 0.15) is 49.4 Å². The number of ether oxygens (including phenoxy) is 1. The van der Waals surface area contributed by atoms with Gasteiger partial charge in [0.15, 0.2) is 0 Å². The van der Waals surface area contributed by atoms with E-state index in [0.29, 0.717) is 25.9 Å². The van der Waals surface area contributed by atoms with Gasteiger partial charge in [-0.25, -0.2) is 4.98 Å². The summed E-state index contributed by atoms with van der Waals surface area (Å²) >= 11 is 6.64. The van der Waals surface area contributed by atoms with Gasteiger partial charge in [-0.15, -0.1) is 0 Å². The van der Waals surface area contributed by atoms with Crippen molar-refractivity contribution in [1.29, 1.82) is 0 Å². The quantitative estimate of drug-likeness (QED) is 0.302. The molecule has 38 heavy (non-hydrogen) atoms. The van der Waals surface area contributed by atoms with Crippen molar-refractivity contribution in [2.24, 2.45) is 17.6 Å². The number of carbonyl (C=O) groups is 2. The molecule has 0 aliphatic carbocycles. The molecule has 3 aromatic rings. The van der Waals surface area contributed by atoms with Crippen LogP contribution in [0.3, 0.4) is 0 Å². The zero-order valence-electron chi connectivity index (χ0n) is 22.2. The molecular weight excluding hydrogens is 500 g/mol. The Labute approximate surface area is 229 Å². The van der Waals surface area contributed by atoms with Crippen LogP contribution in [0.25, 0.3) is 0 Å². The number of imidazole rings is 1. The molecule has 8 heteroatoms. The van der Waals surface area contributed by atoms with E-state index in [0.717, 1.165) is 53.3 Å². The Bertz CT molecular complexity index is 1210. The Hall–Kier alpha value is -3.32. The van der Waals surface area contributed by atoms with Gasteiger partial charge in [-0.3, -0.25) is 9.59 Å². The molecule has 0 saturated carbocycles. The Kier molecular flexibility index (Phi) is 9.10. The molecule has 0 spiro atoms. The van der Waals surface area contributed by atoms with Crippen LogP contribution < -0.4 is 10.5 Å². The van der Waals surface area contributed by atoms with Gasteiger partial charge in [0.2, 0.25) is 11.8 Å². The van der Waals surface area contributed by atoms with E-state index < -0.39 is 17.7 Å². The predicted octanol–water partition coefficient (Wildman–Crippen LogP) is 4.94. The number of H-pyrrole nitrogens is 1. The first-order valence-corrected chi connectivity index (χ1v) is 13.7. The summed E-state index contributed by atoms with van der Waals surface area (Å²) in [5.74, 6) is -1.10. The number of aromatic amines is 1. The van der Waals surface area contributed by atoms with Gasteiger partial charge >= 0.3 is 0 Å². The van der Waals surface area contributed by atoms with Crippen molar-refractivity contribution >= 4 is 23.4 Å². The van der Waals surface area contributed by atoms with Crippen LogP contribution in [-0.4, -0.2) is 46.9 Å². The van der Waals surface area contributed by atoms with Gasteiger partial charge in [0.1, 0.15) is 5.75 Å². The Morgan fingerprint density at radius 1 is 1.11 bits per heavy atom. The topological polar surface area (TPSA) is 101 Å². The highest BCUT2D eigenvalue weighted by Crippen LogP contribution is 2.43. The molecule has 7 nitrogen and oxygen atoms in total. The molecule has 1 aliphatic heterocycles. The molecule has 1 saturated heterocycles. The summed E-state index contributed by atoms with van der Waals surface area (Å²) in [6.45, 7) is 3.34. The van der Waals surface area contributed by atoms with E-state index >= 15 is 0 Å². The van der Waals surface area contributed by atoms with E-state index in [1.54, 1.807) is 19.6 Å². The zero-order chi connectivity index (χ0) is 27.1. The monoisotopic (exact) mass is 536 g/mol. The third kappa shape index (κ3) is 6.21. The van der Waals surface area contributed by atoms with Crippen LogP contribution >= 0.6 is 11.6 Å². The molecule has 1 unspecified atom stereocenters. The molecule has 1 fully saturated rings. The first-order chi connectivity index (χ1) is 18.4. The van der Waals surface area contributed by atoms with E-state index in [1.807, 2.05) is 47.4 Å². The highest BCUT2D eigenvalue weighted by Gasteiger charge is 2.49. The molecule has 2 amide bonds. The van der Waals surface area contributed by atoms with Gasteiger partial charge in [-0.05, 0) is 42.2 Å². The maximum atomic E-state index is 14.1. The second kappa shape index (κ2) is 12.5. The summed E-state index contributed by atoms with van der Waals surface area (Å²) in [4.78, 5) is 35.8. The van der Waals surface area contributed by atoms with Crippen molar-refractivity contribution in [2.75, 3.05) is 20.2 Å². The number of unbranched alkanes of at least 4 members (excludes halogenated alkanes) is 2. The number of primary amides is 1. The van der Waals surface area contributed by atoms with Crippen LogP contribution in [0.15, 0.2) is 61.1 Å². The average molecular weight is 537 g/mol. The summed E-state index contributed by atoms with van der Waals surface area (Å²) in [6.07, 6.45) is 8.25. The van der Waals surface area contributed by atoms with Crippen LogP contribution in [0.5, 0.6) is 5.75 Å². The summed E-state index contributed by atoms with van der Waals surface area (Å²) in [7, 11) is 1.62. The number of hydrogen-bond acceptors (Lipinski definition) is 4. The van der Waals surface area contributed by atoms with Gasteiger partial charge in [-0.2, -0.15) is 0 Å². The lowest BCUT2D eigenvalue weighted by atomic mass is 9.69. The number of nitrogens with zero attached hydrogens (tertiary/aromatic N) is 2. The molecule has 3 N–H and O–H groups in total. The minimum Gasteiger partial charge on any atom is -0.497 e. The zero-order valence-corrected chi connectivity index (χ0v) is 22.9. The predicted molar refractivity (Wildman–Crippen MR) is 149 cm³/mol. The highest BCUT2D eigenvalue weighted by molar-refractivity contribution is 6.31. The maximum Gasteiger partial charge on any atom is 0.226 e. The van der Waals surface area contributed by atoms with E-state index in [-0.39, 0.29) is 11.3 Å². The first kappa shape index (κ1) is 27.7. The van der Waals surface area contributed by atoms with Crippen molar-refractivity contribution in [2.45, 2.75) is 50.9 Å². The number of nitrogens with one attached hydrogen (secondary N) is 1. The van der Waals surface area contributed by atoms with Crippen molar-refractivity contribution in [3.63, 3.8) is 0 Å². The lowest BCUT2D eigenvalue weighted by Crippen LogP contribution is -2.63. The molecule has 0 radical (unpaired) electrons. The van der Waals surface area contributed by atoms with Crippen LogP contribution in [0.4, 0.5) is 0 Å². The van der Waals surface area contributed by atoms with Gasteiger partial charge in [0.05, 0.1) is 25.3 Å². The molecule has 4 rings (SSSR count). The first-order valence-electron chi connectivity index (χ1n) is 13.3. The lowest BCUT2D eigenvalue weighted by Gasteiger charge is -2.52. The number of carbonyl (C=O) groups excluding carboxylic acids is 2. The second-order valence-corrected chi connectivity index (χ2v) is 10.8. The Morgan fingerprint density at radius 2 is 1.84 bits per heavy atom. The van der Waals surface area contributed by atoms with Crippen LogP contribution in [0, 0.1) is 11.8 Å². The van der Waals surface area contributed by atoms with Crippen LogP contribution in [0.2, 0.25) is 5.02 Å². The fourth-order valence-corrected chi connectivity index (χ4v) is 5.97. The molecule has 2 heterocycles. The average Bonchev–Trinajstić information content (AvgIpc) is 3.41. The van der Waals surface area contributed by atoms with Gasteiger partial charge in [0, 0.05) is 41.8 Å². The summed E-state index contributed by atoms with van der Waals surface area (Å²) in [5.41, 5.74) is 8.55. The van der Waals surface area contributed by atoms with Crippen molar-refractivity contribution in [1.82, 2.24) is 14.9 Å². The third-order valence-electron chi connectivity index (χ3n) is 7.78. The summed E-state index contributed by atoms with van der Waals surface area (Å²) in [5, 5.41) is 0.736. The molecule has 202 valence electrons. The van der Waals surface area contributed by atoms with E-state index in [9.17, 15) is 9.59 Å². The molecular formula is C30H37ClN4O3. The Morgan fingerprint density at radius 3 is 2.45 bits per heavy atom. The number of amides is 2. The summed E-state index contributed by atoms with van der Waals surface area (Å²) < 4.78 is 5.29. The number of hydrogen-bond donors (Lipinski definition) is 2. The lowest BCUT2D eigenvalue weighted by molar-refractivity contribution is -0.148. The van der Waals surface area contributed by atoms with Crippen LogP contribution in [-0.2, 0) is 27.8 Å². The molecule has 1 aliphatic rings. The number of rotatable bonds is 13. The Balaban J connectivity index is 1.60. The summed E-state index contributed by atoms with van der Waals surface area (Å²) in [6, 6.07) is 15.5. The number of benzene rings is 2. The second-order valence-electron chi connectivity index (χ2n) is 10.4. The number of aromatic nitrogens is 2. The van der Waals surface area contributed by atoms with Gasteiger partial charge < -0.3 is 20.4 Å². The van der Waals surface area contributed by atoms with E-state index in [4.69, 9.17) is 22.1 Å². The largest absolute Gasteiger partial charge is 0.497 e. The highest BCUT2D eigenvalue weighted by atomic mass is 35.5. The number of likely N-dealkylation sites (tertiary alicyclic amines) is 1. The number of halogens is 1. The van der Waals surface area contributed by atoms with Gasteiger partial charge in [-0.1, -0.05) is 68.1 Å². The fourth-order valence-electron chi connectivity index (χ4n) is 5.63. The molecule has 2 aromatic carbocycles. The molecule has 1 aromatic heterocycles. The standard InChI is InChI=1S/C30H37ClN4O3/c1-3-4-7-14-30(26-8-5-6-9-27(26)31)18-35(19-30)29(37)25(15-21-10-12-23(38-2)13-11-21)24(28(32)36)16-22-17-33-20-34-22/h5-6,8-13,17,20,24-25H,3-4,7,14-16,18-19H2,1-2H3,(H2,32,36)(H,33,34)/t24?,25-/m1/s1. The minimum atomic E-state index is -0.680. The third-order valence-corrected chi connectivity index (χ3v) is 8.11. The van der Waals surface area contributed by atoms with Crippen molar-refractivity contribution in [3.05, 3.63) is 82.9 Å². The van der Waals surface area contributed by atoms with E-state index in [1.165, 1.54) is 0 Å². The van der Waals surface area contributed by atoms with Gasteiger partial charge in [0.25, 0.3) is 0 Å². The van der Waals surface area contributed by atoms with Crippen molar-refractivity contribution < 1.29 is 14.3 Å². The fraction of sp³-hybridized carbons (Fsp3) is 0.433.